The molecule has 3 rings (SSSR count). The van der Waals surface area contributed by atoms with Crippen LogP contribution in [0.1, 0.15) is 41.6 Å². The SMILES string of the molecule is COc1cccc(Nc2nc(N[C@@H]3CCCC[C@@H]3N)c(C#N)cc2C(N)=O)c1. The van der Waals surface area contributed by atoms with Gasteiger partial charge in [-0.3, -0.25) is 4.79 Å². The molecule has 1 fully saturated rings. The molecule has 6 N–H and O–H groups in total. The number of pyridine rings is 1. The lowest BCUT2D eigenvalue weighted by atomic mass is 9.91. The van der Waals surface area contributed by atoms with Crippen LogP contribution in [0, 0.1) is 11.3 Å². The van der Waals surface area contributed by atoms with Gasteiger partial charge in [0.05, 0.1) is 18.2 Å². The zero-order chi connectivity index (χ0) is 20.1. The molecule has 8 nitrogen and oxygen atoms in total. The molecule has 0 spiro atoms. The molecule has 0 saturated heterocycles. The summed E-state index contributed by atoms with van der Waals surface area (Å²) in [6.45, 7) is 0. The van der Waals surface area contributed by atoms with E-state index in [4.69, 9.17) is 16.2 Å². The first-order valence-electron chi connectivity index (χ1n) is 9.20. The van der Waals surface area contributed by atoms with E-state index in [2.05, 4.69) is 21.7 Å². The molecular weight excluding hydrogens is 356 g/mol. The van der Waals surface area contributed by atoms with Crippen molar-refractivity contribution in [2.75, 3.05) is 17.7 Å². The van der Waals surface area contributed by atoms with Gasteiger partial charge in [0.15, 0.2) is 0 Å². The van der Waals surface area contributed by atoms with Gasteiger partial charge >= 0.3 is 0 Å². The number of hydrogen-bond acceptors (Lipinski definition) is 7. The number of nitrogens with one attached hydrogen (secondary N) is 2. The zero-order valence-electron chi connectivity index (χ0n) is 15.7. The first-order chi connectivity index (χ1) is 13.5. The van der Waals surface area contributed by atoms with E-state index in [-0.39, 0.29) is 29.0 Å². The largest absolute Gasteiger partial charge is 0.497 e. The Morgan fingerprint density at radius 3 is 2.75 bits per heavy atom. The zero-order valence-corrected chi connectivity index (χ0v) is 15.7. The van der Waals surface area contributed by atoms with Crippen LogP contribution in [0.25, 0.3) is 0 Å². The van der Waals surface area contributed by atoms with Crippen LogP contribution in [0.15, 0.2) is 30.3 Å². The average Bonchev–Trinajstić information content (AvgIpc) is 2.70. The number of nitriles is 1. The minimum Gasteiger partial charge on any atom is -0.497 e. The summed E-state index contributed by atoms with van der Waals surface area (Å²) in [5.41, 5.74) is 12.8. The highest BCUT2D eigenvalue weighted by Crippen LogP contribution is 2.28. The maximum absolute atomic E-state index is 11.9. The van der Waals surface area contributed by atoms with Crippen molar-refractivity contribution in [3.05, 3.63) is 41.5 Å². The quantitative estimate of drug-likeness (QED) is 0.603. The smallest absolute Gasteiger partial charge is 0.252 e. The van der Waals surface area contributed by atoms with E-state index in [1.54, 1.807) is 13.2 Å². The number of amides is 1. The lowest BCUT2D eigenvalue weighted by molar-refractivity contribution is 0.100. The van der Waals surface area contributed by atoms with Crippen molar-refractivity contribution in [3.8, 4) is 11.8 Å². The van der Waals surface area contributed by atoms with Crippen LogP contribution in [0.2, 0.25) is 0 Å². The highest BCUT2D eigenvalue weighted by atomic mass is 16.5. The number of methoxy groups -OCH3 is 1. The second-order valence-corrected chi connectivity index (χ2v) is 6.81. The van der Waals surface area contributed by atoms with Crippen molar-refractivity contribution in [1.29, 1.82) is 5.26 Å². The van der Waals surface area contributed by atoms with Crippen molar-refractivity contribution in [2.45, 2.75) is 37.8 Å². The normalized spacial score (nSPS) is 18.8. The van der Waals surface area contributed by atoms with Crippen LogP contribution in [0.5, 0.6) is 5.75 Å². The third-order valence-corrected chi connectivity index (χ3v) is 4.88. The molecule has 0 bridgehead atoms. The average molecular weight is 380 g/mol. The molecule has 1 aromatic heterocycles. The fourth-order valence-electron chi connectivity index (χ4n) is 3.34. The maximum Gasteiger partial charge on any atom is 0.252 e. The number of hydrogen-bond donors (Lipinski definition) is 4. The summed E-state index contributed by atoms with van der Waals surface area (Å²) in [4.78, 5) is 16.4. The number of anilines is 3. The highest BCUT2D eigenvalue weighted by molar-refractivity contribution is 5.99. The number of benzene rings is 1. The van der Waals surface area contributed by atoms with E-state index in [0.29, 0.717) is 17.3 Å². The molecule has 2 aromatic rings. The molecule has 8 heteroatoms. The summed E-state index contributed by atoms with van der Waals surface area (Å²) >= 11 is 0. The molecule has 146 valence electrons. The predicted molar refractivity (Wildman–Crippen MR) is 108 cm³/mol. The second-order valence-electron chi connectivity index (χ2n) is 6.81. The van der Waals surface area contributed by atoms with Gasteiger partial charge in [-0.25, -0.2) is 4.98 Å². The van der Waals surface area contributed by atoms with E-state index in [1.165, 1.54) is 6.07 Å². The highest BCUT2D eigenvalue weighted by Gasteiger charge is 2.24. The van der Waals surface area contributed by atoms with E-state index in [9.17, 15) is 10.1 Å². The van der Waals surface area contributed by atoms with E-state index >= 15 is 0 Å². The van der Waals surface area contributed by atoms with Crippen LogP contribution in [-0.4, -0.2) is 30.1 Å². The van der Waals surface area contributed by atoms with Gasteiger partial charge in [-0.1, -0.05) is 18.9 Å². The van der Waals surface area contributed by atoms with Crippen molar-refractivity contribution < 1.29 is 9.53 Å². The van der Waals surface area contributed by atoms with Crippen molar-refractivity contribution in [2.24, 2.45) is 11.5 Å². The number of ether oxygens (including phenoxy) is 1. The Kier molecular flexibility index (Phi) is 5.96. The summed E-state index contributed by atoms with van der Waals surface area (Å²) in [6, 6.07) is 10.8. The number of nitrogens with zero attached hydrogens (tertiary/aromatic N) is 2. The summed E-state index contributed by atoms with van der Waals surface area (Å²) in [7, 11) is 1.57. The molecule has 1 aliphatic rings. The Hall–Kier alpha value is -3.31. The van der Waals surface area contributed by atoms with Crippen LogP contribution >= 0.6 is 0 Å². The van der Waals surface area contributed by atoms with Gasteiger partial charge in [0.1, 0.15) is 23.5 Å². The minimum absolute atomic E-state index is 0.00676. The third-order valence-electron chi connectivity index (χ3n) is 4.88. The second kappa shape index (κ2) is 8.59. The van der Waals surface area contributed by atoms with Gasteiger partial charge in [-0.2, -0.15) is 5.26 Å². The fraction of sp³-hybridized carbons (Fsp3) is 0.350. The van der Waals surface area contributed by atoms with Crippen LogP contribution in [0.3, 0.4) is 0 Å². The van der Waals surface area contributed by atoms with Gasteiger partial charge in [0.25, 0.3) is 5.91 Å². The first kappa shape index (κ1) is 19.5. The summed E-state index contributed by atoms with van der Waals surface area (Å²) in [5, 5.41) is 15.9. The summed E-state index contributed by atoms with van der Waals surface area (Å²) in [6.07, 6.45) is 4.00. The van der Waals surface area contributed by atoms with E-state index < -0.39 is 5.91 Å². The maximum atomic E-state index is 11.9. The van der Waals surface area contributed by atoms with Crippen molar-refractivity contribution in [1.82, 2.24) is 4.98 Å². The van der Waals surface area contributed by atoms with E-state index in [1.807, 2.05) is 18.2 Å². The molecule has 28 heavy (non-hydrogen) atoms. The standard InChI is InChI=1S/C20H24N6O2/c1-28-14-6-4-5-13(10-14)24-20-15(18(23)27)9-12(11-21)19(26-20)25-17-8-3-2-7-16(17)22/h4-6,9-10,16-17H,2-3,7-8,22H2,1H3,(H2,23,27)(H2,24,25,26)/t16-,17+/m0/s1. The lowest BCUT2D eigenvalue weighted by Crippen LogP contribution is -2.43. The van der Waals surface area contributed by atoms with Crippen molar-refractivity contribution >= 4 is 23.2 Å². The van der Waals surface area contributed by atoms with Gasteiger partial charge in [-0.05, 0) is 31.0 Å². The van der Waals surface area contributed by atoms with Crippen LogP contribution < -0.4 is 26.8 Å². The number of aromatic nitrogens is 1. The van der Waals surface area contributed by atoms with Gasteiger partial charge in [-0.15, -0.1) is 0 Å². The Balaban J connectivity index is 1.97. The monoisotopic (exact) mass is 380 g/mol. The molecule has 0 unspecified atom stereocenters. The number of primary amides is 1. The van der Waals surface area contributed by atoms with Crippen molar-refractivity contribution in [3.63, 3.8) is 0 Å². The molecule has 1 saturated carbocycles. The molecule has 0 radical (unpaired) electrons. The van der Waals surface area contributed by atoms with Gasteiger partial charge in [0, 0.05) is 23.8 Å². The number of nitrogens with two attached hydrogens (primary N) is 2. The summed E-state index contributed by atoms with van der Waals surface area (Å²) in [5.74, 6) is 0.646. The molecule has 1 amide bonds. The molecule has 1 aliphatic carbocycles. The van der Waals surface area contributed by atoms with Gasteiger partial charge < -0.3 is 26.8 Å². The molecule has 1 heterocycles. The van der Waals surface area contributed by atoms with E-state index in [0.717, 1.165) is 25.7 Å². The van der Waals surface area contributed by atoms with Crippen LogP contribution in [0.4, 0.5) is 17.3 Å². The van der Waals surface area contributed by atoms with Gasteiger partial charge in [0.2, 0.25) is 0 Å². The molecule has 0 aliphatic heterocycles. The minimum atomic E-state index is -0.671. The fourth-order valence-corrected chi connectivity index (χ4v) is 3.34. The Morgan fingerprint density at radius 1 is 1.29 bits per heavy atom. The third kappa shape index (κ3) is 4.32. The Labute approximate surface area is 163 Å². The Morgan fingerprint density at radius 2 is 2.07 bits per heavy atom. The molecule has 1 aromatic carbocycles. The molecular formula is C20H24N6O2. The van der Waals surface area contributed by atoms with Crippen LogP contribution in [-0.2, 0) is 0 Å². The lowest BCUT2D eigenvalue weighted by Gasteiger charge is -2.30. The molecule has 2 atom stereocenters. The number of carbonyl (C=O) groups is 1. The number of rotatable bonds is 6. The number of carbonyl (C=O) groups excluding carboxylic acids is 1. The topological polar surface area (TPSA) is 139 Å². The summed E-state index contributed by atoms with van der Waals surface area (Å²) < 4.78 is 5.22. The Bertz CT molecular complexity index is 908. The predicted octanol–water partition coefficient (Wildman–Crippen LogP) is 2.49. The first-order valence-corrected chi connectivity index (χ1v) is 9.20.